The number of aromatic nitrogens is 1. The van der Waals surface area contributed by atoms with E-state index in [1.807, 2.05) is 42.1 Å². The lowest BCUT2D eigenvalue weighted by atomic mass is 10.2. The summed E-state index contributed by atoms with van der Waals surface area (Å²) in [7, 11) is -1.56. The maximum Gasteiger partial charge on any atom is 0.240 e. The van der Waals surface area contributed by atoms with Gasteiger partial charge in [0.15, 0.2) is 0 Å². The number of halogens is 1. The van der Waals surface area contributed by atoms with Gasteiger partial charge in [-0.25, -0.2) is 13.1 Å². The third-order valence-electron chi connectivity index (χ3n) is 3.56. The number of nitrogens with zero attached hydrogens (tertiary/aromatic N) is 1. The zero-order valence-corrected chi connectivity index (χ0v) is 14.4. The molecule has 1 aromatic heterocycles. The third kappa shape index (κ3) is 2.95. The van der Waals surface area contributed by atoms with E-state index in [2.05, 4.69) is 20.7 Å². The fraction of sp³-hybridized carbons (Fsp3) is 0.125. The van der Waals surface area contributed by atoms with Crippen molar-refractivity contribution in [3.05, 3.63) is 64.8 Å². The van der Waals surface area contributed by atoms with Crippen LogP contribution in [0.1, 0.15) is 5.56 Å². The lowest BCUT2D eigenvalue weighted by molar-refractivity contribution is 0.581. The number of sulfonamides is 1. The molecule has 0 aliphatic rings. The topological polar surface area (TPSA) is 51.1 Å². The van der Waals surface area contributed by atoms with Crippen molar-refractivity contribution in [2.75, 3.05) is 0 Å². The Hall–Kier alpha value is -1.63. The van der Waals surface area contributed by atoms with Crippen molar-refractivity contribution in [2.24, 2.45) is 7.05 Å². The molecule has 0 saturated carbocycles. The summed E-state index contributed by atoms with van der Waals surface area (Å²) in [6, 6.07) is 14.5. The molecule has 4 nitrogen and oxygen atoms in total. The number of benzene rings is 2. The molecule has 0 aliphatic carbocycles. The summed E-state index contributed by atoms with van der Waals surface area (Å²) < 4.78 is 30.2. The van der Waals surface area contributed by atoms with Crippen LogP contribution in [-0.2, 0) is 23.6 Å². The minimum Gasteiger partial charge on any atom is -0.350 e. The molecule has 0 amide bonds. The fourth-order valence-electron chi connectivity index (χ4n) is 2.44. The fourth-order valence-corrected chi connectivity index (χ4v) is 3.71. The van der Waals surface area contributed by atoms with E-state index in [9.17, 15) is 8.42 Å². The van der Waals surface area contributed by atoms with Crippen molar-refractivity contribution in [1.29, 1.82) is 0 Å². The molecule has 0 radical (unpaired) electrons. The number of hydrogen-bond donors (Lipinski definition) is 1. The summed E-state index contributed by atoms with van der Waals surface area (Å²) >= 11 is 3.30. The van der Waals surface area contributed by atoms with Gasteiger partial charge in [0.1, 0.15) is 0 Å². The summed E-state index contributed by atoms with van der Waals surface area (Å²) in [5.74, 6) is 0. The molecule has 3 aromatic rings. The van der Waals surface area contributed by atoms with E-state index in [0.717, 1.165) is 20.9 Å². The summed E-state index contributed by atoms with van der Waals surface area (Å²) in [6.45, 7) is 0.264. The Bertz CT molecular complexity index is 915. The molecule has 3 rings (SSSR count). The predicted octanol–water partition coefficient (Wildman–Crippen LogP) is 3.42. The smallest absolute Gasteiger partial charge is 0.240 e. The van der Waals surface area contributed by atoms with Crippen molar-refractivity contribution >= 4 is 36.9 Å². The highest BCUT2D eigenvalue weighted by Crippen LogP contribution is 2.21. The second kappa shape index (κ2) is 5.87. The van der Waals surface area contributed by atoms with Crippen LogP contribution in [0.3, 0.4) is 0 Å². The van der Waals surface area contributed by atoms with Gasteiger partial charge in [-0.1, -0.05) is 34.1 Å². The Kier molecular flexibility index (Phi) is 4.08. The number of para-hydroxylation sites is 1. The monoisotopic (exact) mass is 378 g/mol. The van der Waals surface area contributed by atoms with Crippen LogP contribution in [0.25, 0.3) is 10.9 Å². The number of rotatable bonds is 4. The summed E-state index contributed by atoms with van der Waals surface area (Å²) in [6.07, 6.45) is 1.95. The highest BCUT2D eigenvalue weighted by Gasteiger charge is 2.15. The lowest BCUT2D eigenvalue weighted by Crippen LogP contribution is -2.23. The van der Waals surface area contributed by atoms with E-state index in [-0.39, 0.29) is 11.4 Å². The molecule has 0 saturated heterocycles. The van der Waals surface area contributed by atoms with Gasteiger partial charge < -0.3 is 4.57 Å². The molecular formula is C16H15BrN2O2S. The van der Waals surface area contributed by atoms with Gasteiger partial charge in [0, 0.05) is 35.2 Å². The van der Waals surface area contributed by atoms with Crippen LogP contribution in [0.5, 0.6) is 0 Å². The first kappa shape index (κ1) is 15.3. The quantitative estimate of drug-likeness (QED) is 0.755. The van der Waals surface area contributed by atoms with Crippen LogP contribution < -0.4 is 4.72 Å². The van der Waals surface area contributed by atoms with Gasteiger partial charge in [0.05, 0.1) is 4.90 Å². The molecule has 1 heterocycles. The molecule has 0 aliphatic heterocycles. The van der Waals surface area contributed by atoms with Crippen LogP contribution in [0, 0.1) is 0 Å². The van der Waals surface area contributed by atoms with Gasteiger partial charge in [0.2, 0.25) is 10.0 Å². The first-order chi connectivity index (χ1) is 10.5. The normalized spacial score (nSPS) is 11.9. The van der Waals surface area contributed by atoms with E-state index in [1.165, 1.54) is 0 Å². The second-order valence-corrected chi connectivity index (χ2v) is 7.74. The van der Waals surface area contributed by atoms with Crippen molar-refractivity contribution in [2.45, 2.75) is 11.4 Å². The van der Waals surface area contributed by atoms with E-state index < -0.39 is 10.0 Å². The average molecular weight is 379 g/mol. The Balaban J connectivity index is 1.86. The second-order valence-electron chi connectivity index (χ2n) is 5.06. The van der Waals surface area contributed by atoms with Gasteiger partial charge >= 0.3 is 0 Å². The van der Waals surface area contributed by atoms with E-state index in [0.29, 0.717) is 0 Å². The highest BCUT2D eigenvalue weighted by molar-refractivity contribution is 9.10. The van der Waals surface area contributed by atoms with E-state index in [4.69, 9.17) is 0 Å². The van der Waals surface area contributed by atoms with Gasteiger partial charge in [-0.3, -0.25) is 0 Å². The molecule has 114 valence electrons. The van der Waals surface area contributed by atoms with Crippen molar-refractivity contribution < 1.29 is 8.42 Å². The average Bonchev–Trinajstić information content (AvgIpc) is 2.83. The molecule has 0 spiro atoms. The molecular weight excluding hydrogens is 364 g/mol. The number of aryl methyl sites for hydroxylation is 1. The highest BCUT2D eigenvalue weighted by atomic mass is 79.9. The zero-order valence-electron chi connectivity index (χ0n) is 12.0. The zero-order chi connectivity index (χ0) is 15.7. The van der Waals surface area contributed by atoms with Crippen molar-refractivity contribution in [1.82, 2.24) is 9.29 Å². The molecule has 0 fully saturated rings. The first-order valence-electron chi connectivity index (χ1n) is 6.75. The molecule has 6 heteroatoms. The Morgan fingerprint density at radius 3 is 2.50 bits per heavy atom. The van der Waals surface area contributed by atoms with Crippen LogP contribution >= 0.6 is 15.9 Å². The predicted molar refractivity (Wildman–Crippen MR) is 91.1 cm³/mol. The summed E-state index contributed by atoms with van der Waals surface area (Å²) in [5.41, 5.74) is 2.04. The molecule has 0 atom stereocenters. The Labute approximate surface area is 137 Å². The van der Waals surface area contributed by atoms with Gasteiger partial charge in [-0.15, -0.1) is 0 Å². The standard InChI is InChI=1S/C16H15BrN2O2S/c1-19-11-12(15-4-2-3-5-16(15)19)10-18-22(20,21)14-8-6-13(17)7-9-14/h2-9,11,18H,10H2,1H3. The third-order valence-corrected chi connectivity index (χ3v) is 5.50. The summed E-state index contributed by atoms with van der Waals surface area (Å²) in [5, 5.41) is 1.06. The Morgan fingerprint density at radius 1 is 1.09 bits per heavy atom. The number of fused-ring (bicyclic) bond motifs is 1. The SMILES string of the molecule is Cn1cc(CNS(=O)(=O)c2ccc(Br)cc2)c2ccccc21. The van der Waals surface area contributed by atoms with Crippen molar-refractivity contribution in [3.8, 4) is 0 Å². The molecule has 0 unspecified atom stereocenters. The summed E-state index contributed by atoms with van der Waals surface area (Å²) in [4.78, 5) is 0.260. The molecule has 1 N–H and O–H groups in total. The van der Waals surface area contributed by atoms with Crippen LogP contribution in [0.2, 0.25) is 0 Å². The van der Waals surface area contributed by atoms with Crippen molar-refractivity contribution in [3.63, 3.8) is 0 Å². The van der Waals surface area contributed by atoms with E-state index >= 15 is 0 Å². The molecule has 2 aromatic carbocycles. The maximum absolute atomic E-state index is 12.3. The van der Waals surface area contributed by atoms with Crippen LogP contribution in [0.4, 0.5) is 0 Å². The van der Waals surface area contributed by atoms with Crippen LogP contribution in [0.15, 0.2) is 64.1 Å². The van der Waals surface area contributed by atoms with E-state index in [1.54, 1.807) is 24.3 Å². The number of hydrogen-bond acceptors (Lipinski definition) is 2. The Morgan fingerprint density at radius 2 is 1.77 bits per heavy atom. The maximum atomic E-state index is 12.3. The van der Waals surface area contributed by atoms with Crippen LogP contribution in [-0.4, -0.2) is 13.0 Å². The number of nitrogens with one attached hydrogen (secondary N) is 1. The largest absolute Gasteiger partial charge is 0.350 e. The minimum atomic E-state index is -3.51. The molecule has 0 bridgehead atoms. The first-order valence-corrected chi connectivity index (χ1v) is 9.03. The van der Waals surface area contributed by atoms with Gasteiger partial charge in [-0.2, -0.15) is 0 Å². The minimum absolute atomic E-state index is 0.260. The molecule has 22 heavy (non-hydrogen) atoms. The van der Waals surface area contributed by atoms with Gasteiger partial charge in [0.25, 0.3) is 0 Å². The lowest BCUT2D eigenvalue weighted by Gasteiger charge is -2.06. The van der Waals surface area contributed by atoms with Gasteiger partial charge in [-0.05, 0) is 35.9 Å².